The molecule has 0 saturated carbocycles. The lowest BCUT2D eigenvalue weighted by molar-refractivity contribution is -0.230. The standard InChI is InChI=1S/C32H44O13/c1-9-10-11-12-22(37)44-23-16(2)15-21-32(31(8,45-32)28(38)43-21)27(42-19(5)35)25-29(6,14-13-20(36)30(25,7)39)26(41-18(4)34)24(23)40-17(3)33/h13-15,20-21,23-27,36,39H,9-12H2,1-8H3/b16-15-/t20-,21+,23+,24+,25-,26+,27-,29+,30-,31+,32+/m1/s1. The first-order valence-corrected chi connectivity index (χ1v) is 15.3. The third-order valence-electron chi connectivity index (χ3n) is 9.59. The van der Waals surface area contributed by atoms with E-state index in [-0.39, 0.29) is 12.0 Å². The summed E-state index contributed by atoms with van der Waals surface area (Å²) in [5, 5.41) is 23.1. The largest absolute Gasteiger partial charge is 0.459 e. The number of carbonyl (C=O) groups is 5. The summed E-state index contributed by atoms with van der Waals surface area (Å²) >= 11 is 0. The van der Waals surface area contributed by atoms with Gasteiger partial charge in [0.25, 0.3) is 0 Å². The van der Waals surface area contributed by atoms with Gasteiger partial charge in [0.1, 0.15) is 12.2 Å². The van der Waals surface area contributed by atoms with Gasteiger partial charge in [0, 0.05) is 38.5 Å². The fraction of sp³-hybridized carbons (Fsp3) is 0.719. The zero-order chi connectivity index (χ0) is 33.7. The quantitative estimate of drug-likeness (QED) is 0.130. The van der Waals surface area contributed by atoms with Crippen molar-refractivity contribution in [2.75, 3.05) is 0 Å². The molecule has 45 heavy (non-hydrogen) atoms. The van der Waals surface area contributed by atoms with Crippen LogP contribution in [0, 0.1) is 11.3 Å². The summed E-state index contributed by atoms with van der Waals surface area (Å²) in [4.78, 5) is 64.5. The van der Waals surface area contributed by atoms with Crippen molar-refractivity contribution < 1.29 is 62.6 Å². The Labute approximate surface area is 262 Å². The van der Waals surface area contributed by atoms with Crippen molar-refractivity contribution in [1.82, 2.24) is 0 Å². The van der Waals surface area contributed by atoms with Crippen LogP contribution >= 0.6 is 0 Å². The molecular weight excluding hydrogens is 592 g/mol. The molecule has 4 aliphatic rings. The normalized spacial score (nSPS) is 42.8. The van der Waals surface area contributed by atoms with E-state index in [1.54, 1.807) is 13.8 Å². The molecule has 4 rings (SSSR count). The average molecular weight is 637 g/mol. The monoisotopic (exact) mass is 636 g/mol. The van der Waals surface area contributed by atoms with E-state index in [0.29, 0.717) is 6.42 Å². The number of ether oxygens (including phenoxy) is 6. The molecule has 0 aromatic carbocycles. The van der Waals surface area contributed by atoms with Crippen molar-refractivity contribution in [3.63, 3.8) is 0 Å². The molecular formula is C32H44O13. The highest BCUT2D eigenvalue weighted by molar-refractivity contribution is 5.89. The summed E-state index contributed by atoms with van der Waals surface area (Å²) in [6, 6.07) is 0. The highest BCUT2D eigenvalue weighted by Crippen LogP contribution is 2.65. The van der Waals surface area contributed by atoms with Crippen LogP contribution < -0.4 is 0 Å². The van der Waals surface area contributed by atoms with E-state index in [1.165, 1.54) is 32.1 Å². The van der Waals surface area contributed by atoms with Gasteiger partial charge >= 0.3 is 29.8 Å². The molecule has 1 spiro atoms. The topological polar surface area (TPSA) is 184 Å². The van der Waals surface area contributed by atoms with Crippen molar-refractivity contribution in [2.24, 2.45) is 11.3 Å². The van der Waals surface area contributed by atoms with Gasteiger partial charge in [0.15, 0.2) is 35.6 Å². The van der Waals surface area contributed by atoms with Gasteiger partial charge in [-0.15, -0.1) is 0 Å². The molecule has 2 N–H and O–H groups in total. The Morgan fingerprint density at radius 1 is 0.933 bits per heavy atom. The maximum Gasteiger partial charge on any atom is 0.342 e. The smallest absolute Gasteiger partial charge is 0.342 e. The number of esters is 5. The van der Waals surface area contributed by atoms with E-state index in [0.717, 1.165) is 33.6 Å². The van der Waals surface area contributed by atoms with Crippen molar-refractivity contribution in [2.45, 2.75) is 135 Å². The molecule has 2 heterocycles. The lowest BCUT2D eigenvalue weighted by atomic mass is 9.55. The summed E-state index contributed by atoms with van der Waals surface area (Å²) in [6.45, 7) is 11.3. The SMILES string of the molecule is CCCCCC(=O)O[C@H]1/C(C)=C\[C@@H]2OC(=O)[C@]3(C)O[C@]23[C@H](OC(C)=O)[C@H]2[C@](C)(O)[C@H](O)C=C[C@]2(C)[C@@H](OC(C)=O)[C@H]1OC(C)=O. The first kappa shape index (κ1) is 34.6. The number of fused-ring (bicyclic) bond motifs is 1. The van der Waals surface area contributed by atoms with Crippen LogP contribution in [0.1, 0.15) is 81.1 Å². The highest BCUT2D eigenvalue weighted by atomic mass is 16.7. The maximum atomic E-state index is 13.3. The Kier molecular flexibility index (Phi) is 9.33. The van der Waals surface area contributed by atoms with Crippen LogP contribution in [0.4, 0.5) is 0 Å². The zero-order valence-electron chi connectivity index (χ0n) is 27.0. The third-order valence-corrected chi connectivity index (χ3v) is 9.59. The molecule has 0 unspecified atom stereocenters. The van der Waals surface area contributed by atoms with Gasteiger partial charge in [-0.2, -0.15) is 0 Å². The van der Waals surface area contributed by atoms with Gasteiger partial charge in [-0.3, -0.25) is 19.2 Å². The number of aliphatic hydroxyl groups excluding tert-OH is 1. The second-order valence-corrected chi connectivity index (χ2v) is 13.0. The summed E-state index contributed by atoms with van der Waals surface area (Å²) in [5.41, 5.74) is -6.81. The predicted octanol–water partition coefficient (Wildman–Crippen LogP) is 1.99. The molecule has 0 radical (unpaired) electrons. The van der Waals surface area contributed by atoms with Crippen LogP contribution in [0.5, 0.6) is 0 Å². The van der Waals surface area contributed by atoms with Crippen LogP contribution in [0.25, 0.3) is 0 Å². The van der Waals surface area contributed by atoms with E-state index in [4.69, 9.17) is 28.4 Å². The Hall–Kier alpha value is -3.29. The predicted molar refractivity (Wildman–Crippen MR) is 154 cm³/mol. The minimum atomic E-state index is -2.12. The second-order valence-electron chi connectivity index (χ2n) is 13.0. The number of unbranched alkanes of at least 4 members (excludes halogenated alkanes) is 2. The zero-order valence-corrected chi connectivity index (χ0v) is 27.0. The number of aliphatic hydroxyl groups is 2. The van der Waals surface area contributed by atoms with Crippen molar-refractivity contribution in [3.05, 3.63) is 23.8 Å². The van der Waals surface area contributed by atoms with Gasteiger partial charge in [-0.05, 0) is 38.8 Å². The molecule has 0 aromatic heterocycles. The minimum Gasteiger partial charge on any atom is -0.459 e. The molecule has 13 heteroatoms. The van der Waals surface area contributed by atoms with E-state index in [9.17, 15) is 34.2 Å². The maximum absolute atomic E-state index is 13.3. The average Bonchev–Trinajstić information content (AvgIpc) is 3.51. The number of rotatable bonds is 8. The van der Waals surface area contributed by atoms with Gasteiger partial charge in [0.2, 0.25) is 0 Å². The minimum absolute atomic E-state index is 0.0569. The van der Waals surface area contributed by atoms with Gasteiger partial charge < -0.3 is 38.6 Å². The fourth-order valence-electron chi connectivity index (χ4n) is 7.38. The van der Waals surface area contributed by atoms with Crippen LogP contribution in [-0.4, -0.2) is 93.5 Å². The van der Waals surface area contributed by atoms with E-state index < -0.39 is 94.6 Å². The molecule has 2 saturated heterocycles. The van der Waals surface area contributed by atoms with Gasteiger partial charge in [-0.1, -0.05) is 38.8 Å². The number of carbonyl (C=O) groups excluding carboxylic acids is 5. The van der Waals surface area contributed by atoms with Crippen LogP contribution in [0.15, 0.2) is 23.8 Å². The van der Waals surface area contributed by atoms with E-state index in [1.807, 2.05) is 6.92 Å². The summed E-state index contributed by atoms with van der Waals surface area (Å²) in [6.07, 6.45) is -2.13. The Balaban J connectivity index is 2.05. The van der Waals surface area contributed by atoms with Crippen molar-refractivity contribution in [1.29, 1.82) is 0 Å². The van der Waals surface area contributed by atoms with Gasteiger partial charge in [-0.25, -0.2) is 4.79 Å². The molecule has 0 amide bonds. The molecule has 0 aromatic rings. The Morgan fingerprint density at radius 2 is 1.53 bits per heavy atom. The van der Waals surface area contributed by atoms with E-state index >= 15 is 0 Å². The number of hydrogen-bond acceptors (Lipinski definition) is 13. The molecule has 2 aliphatic carbocycles. The van der Waals surface area contributed by atoms with E-state index in [2.05, 4.69) is 0 Å². The summed E-state index contributed by atoms with van der Waals surface area (Å²) < 4.78 is 35.5. The van der Waals surface area contributed by atoms with Crippen molar-refractivity contribution in [3.8, 4) is 0 Å². The molecule has 0 bridgehead atoms. The number of hydrogen-bond donors (Lipinski definition) is 2. The number of epoxide rings is 1. The molecule has 11 atom stereocenters. The summed E-state index contributed by atoms with van der Waals surface area (Å²) in [5.74, 6) is -5.13. The lowest BCUT2D eigenvalue weighted by Gasteiger charge is -2.55. The molecule has 250 valence electrons. The molecule has 13 nitrogen and oxygen atoms in total. The second kappa shape index (κ2) is 12.1. The first-order chi connectivity index (χ1) is 20.9. The molecule has 2 aliphatic heterocycles. The van der Waals surface area contributed by atoms with Crippen LogP contribution in [0.3, 0.4) is 0 Å². The van der Waals surface area contributed by atoms with Crippen molar-refractivity contribution >= 4 is 29.8 Å². The Morgan fingerprint density at radius 3 is 2.09 bits per heavy atom. The first-order valence-electron chi connectivity index (χ1n) is 15.3. The fourth-order valence-corrected chi connectivity index (χ4v) is 7.38. The Bertz CT molecular complexity index is 1300. The van der Waals surface area contributed by atoms with Crippen LogP contribution in [0.2, 0.25) is 0 Å². The van der Waals surface area contributed by atoms with Crippen LogP contribution in [-0.2, 0) is 52.4 Å². The third kappa shape index (κ3) is 5.78. The lowest BCUT2D eigenvalue weighted by Crippen LogP contribution is -2.69. The summed E-state index contributed by atoms with van der Waals surface area (Å²) in [7, 11) is 0. The highest BCUT2D eigenvalue weighted by Gasteiger charge is 2.88. The molecule has 2 fully saturated rings. The van der Waals surface area contributed by atoms with Gasteiger partial charge in [0.05, 0.1) is 5.60 Å².